The predicted octanol–water partition coefficient (Wildman–Crippen LogP) is 3.73. The molecule has 2 aromatic heterocycles. The topological polar surface area (TPSA) is 92.3 Å². The maximum absolute atomic E-state index is 13.9. The minimum absolute atomic E-state index is 0.126. The van der Waals surface area contributed by atoms with Crippen LogP contribution in [0.5, 0.6) is 0 Å². The van der Waals surface area contributed by atoms with Gasteiger partial charge in [0.05, 0.1) is 18.9 Å². The zero-order valence-electron chi connectivity index (χ0n) is 20.6. The van der Waals surface area contributed by atoms with Crippen LogP contribution in [0.25, 0.3) is 5.69 Å². The first-order valence-electron chi connectivity index (χ1n) is 12.0. The summed E-state index contributed by atoms with van der Waals surface area (Å²) in [6.45, 7) is 6.13. The number of hydrogen-bond donors (Lipinski definition) is 1. The molecule has 4 aromatic rings. The summed E-state index contributed by atoms with van der Waals surface area (Å²) in [5.74, 6) is 0. The van der Waals surface area contributed by atoms with Crippen LogP contribution in [0.1, 0.15) is 25.1 Å². The number of anilines is 2. The Morgan fingerprint density at radius 3 is 2.22 bits per heavy atom. The molecule has 3 heterocycles. The van der Waals surface area contributed by atoms with E-state index >= 15 is 0 Å². The van der Waals surface area contributed by atoms with E-state index in [0.29, 0.717) is 45.8 Å². The number of hydrogen-bond acceptors (Lipinski definition) is 7. The maximum Gasteiger partial charge on any atom is 0.292 e. The highest BCUT2D eigenvalue weighted by molar-refractivity contribution is 6.35. The Balaban J connectivity index is 1.53. The van der Waals surface area contributed by atoms with Crippen LogP contribution in [-0.4, -0.2) is 56.1 Å². The van der Waals surface area contributed by atoms with Crippen molar-refractivity contribution < 1.29 is 5.11 Å². The number of para-hydroxylation sites is 1. The first kappa shape index (κ1) is 25.3. The van der Waals surface area contributed by atoms with Crippen LogP contribution < -0.4 is 15.4 Å². The van der Waals surface area contributed by atoms with Crippen molar-refractivity contribution in [1.82, 2.24) is 24.8 Å². The summed E-state index contributed by atoms with van der Waals surface area (Å²) in [6.07, 6.45) is 3.21. The van der Waals surface area contributed by atoms with E-state index in [9.17, 15) is 9.90 Å². The van der Waals surface area contributed by atoms with Gasteiger partial charge in [0, 0.05) is 47.5 Å². The highest BCUT2D eigenvalue weighted by Gasteiger charge is 2.27. The summed E-state index contributed by atoms with van der Waals surface area (Å²) < 4.78 is 2.86. The third-order valence-electron chi connectivity index (χ3n) is 6.45. The standard InChI is InChI=1S/C26H27Cl2N7O2/c1-26(2,37)23-17-34(31-30-23)22-15-29-35(16-19-20(27)9-6-10-21(19)28)25(36)24(22)33-13-11-32(12-14-33)18-7-4-3-5-8-18/h3-10,15,17,37H,11-14,16H2,1-2H3. The number of rotatable bonds is 6. The highest BCUT2D eigenvalue weighted by atomic mass is 35.5. The molecule has 1 N–H and O–H groups in total. The Bertz CT molecular complexity index is 1440. The molecular weight excluding hydrogens is 513 g/mol. The van der Waals surface area contributed by atoms with Crippen molar-refractivity contribution in [3.05, 3.63) is 92.6 Å². The fourth-order valence-corrected chi connectivity index (χ4v) is 4.89. The average molecular weight is 540 g/mol. The summed E-state index contributed by atoms with van der Waals surface area (Å²) in [5.41, 5.74) is 1.64. The number of aromatic nitrogens is 5. The van der Waals surface area contributed by atoms with Crippen molar-refractivity contribution in [3.63, 3.8) is 0 Å². The Labute approximate surface area is 224 Å². The highest BCUT2D eigenvalue weighted by Crippen LogP contribution is 2.27. The van der Waals surface area contributed by atoms with Crippen molar-refractivity contribution in [2.75, 3.05) is 36.0 Å². The molecule has 11 heteroatoms. The molecule has 0 amide bonds. The molecule has 2 aromatic carbocycles. The van der Waals surface area contributed by atoms with Crippen LogP contribution in [0.4, 0.5) is 11.4 Å². The van der Waals surface area contributed by atoms with E-state index in [2.05, 4.69) is 37.3 Å². The van der Waals surface area contributed by atoms with Crippen LogP contribution in [0.2, 0.25) is 10.0 Å². The molecule has 1 aliphatic rings. The molecule has 0 bridgehead atoms. The minimum Gasteiger partial charge on any atom is -0.384 e. The molecule has 0 unspecified atom stereocenters. The maximum atomic E-state index is 13.9. The van der Waals surface area contributed by atoms with E-state index in [1.807, 2.05) is 18.2 Å². The second kappa shape index (κ2) is 10.2. The Morgan fingerprint density at radius 1 is 0.946 bits per heavy atom. The first-order valence-corrected chi connectivity index (χ1v) is 12.7. The van der Waals surface area contributed by atoms with Crippen molar-refractivity contribution in [2.24, 2.45) is 0 Å². The normalized spacial score (nSPS) is 14.3. The van der Waals surface area contributed by atoms with E-state index in [1.165, 1.54) is 9.36 Å². The Morgan fingerprint density at radius 2 is 1.59 bits per heavy atom. The van der Waals surface area contributed by atoms with E-state index in [0.717, 1.165) is 18.8 Å². The van der Waals surface area contributed by atoms with Crippen molar-refractivity contribution in [2.45, 2.75) is 26.0 Å². The SMILES string of the molecule is CC(C)(O)c1cn(-c2cnn(Cc3c(Cl)cccc3Cl)c(=O)c2N2CCN(c3ccccc3)CC2)nn1. The van der Waals surface area contributed by atoms with Gasteiger partial charge in [0.1, 0.15) is 22.7 Å². The van der Waals surface area contributed by atoms with Gasteiger partial charge < -0.3 is 14.9 Å². The van der Waals surface area contributed by atoms with Crippen molar-refractivity contribution in [3.8, 4) is 5.69 Å². The number of halogens is 2. The molecule has 0 aliphatic carbocycles. The number of benzene rings is 2. The van der Waals surface area contributed by atoms with Crippen LogP contribution >= 0.6 is 23.2 Å². The van der Waals surface area contributed by atoms with Gasteiger partial charge in [0.25, 0.3) is 5.56 Å². The smallest absolute Gasteiger partial charge is 0.292 e. The van der Waals surface area contributed by atoms with Crippen molar-refractivity contribution >= 4 is 34.6 Å². The number of piperazine rings is 1. The van der Waals surface area contributed by atoms with Gasteiger partial charge in [-0.25, -0.2) is 9.36 Å². The summed E-state index contributed by atoms with van der Waals surface area (Å²) in [5, 5.41) is 24.0. The average Bonchev–Trinajstić information content (AvgIpc) is 3.39. The molecule has 0 atom stereocenters. The van der Waals surface area contributed by atoms with Gasteiger partial charge >= 0.3 is 0 Å². The van der Waals surface area contributed by atoms with E-state index < -0.39 is 5.60 Å². The summed E-state index contributed by atoms with van der Waals surface area (Å²) in [4.78, 5) is 18.2. The van der Waals surface area contributed by atoms with Gasteiger partial charge in [-0.15, -0.1) is 5.10 Å². The zero-order chi connectivity index (χ0) is 26.2. The third-order valence-corrected chi connectivity index (χ3v) is 7.16. The summed E-state index contributed by atoms with van der Waals surface area (Å²) in [7, 11) is 0. The second-order valence-electron chi connectivity index (χ2n) is 9.46. The van der Waals surface area contributed by atoms with Crippen molar-refractivity contribution in [1.29, 1.82) is 0 Å². The Kier molecular flexibility index (Phi) is 6.94. The van der Waals surface area contributed by atoms with E-state index in [4.69, 9.17) is 23.2 Å². The molecule has 0 radical (unpaired) electrons. The second-order valence-corrected chi connectivity index (χ2v) is 10.3. The van der Waals surface area contributed by atoms with Crippen LogP contribution in [0.15, 0.2) is 65.7 Å². The van der Waals surface area contributed by atoms with Gasteiger partial charge in [-0.3, -0.25) is 4.79 Å². The lowest BCUT2D eigenvalue weighted by atomic mass is 10.1. The minimum atomic E-state index is -1.18. The molecular formula is C26H27Cl2N7O2. The van der Waals surface area contributed by atoms with Gasteiger partial charge in [-0.2, -0.15) is 5.10 Å². The number of aliphatic hydroxyl groups is 1. The first-order chi connectivity index (χ1) is 17.7. The van der Waals surface area contributed by atoms with Crippen LogP contribution in [0, 0.1) is 0 Å². The van der Waals surface area contributed by atoms with Gasteiger partial charge in [0.15, 0.2) is 0 Å². The van der Waals surface area contributed by atoms with Gasteiger partial charge in [-0.1, -0.05) is 52.7 Å². The van der Waals surface area contributed by atoms with E-state index in [-0.39, 0.29) is 12.1 Å². The summed E-state index contributed by atoms with van der Waals surface area (Å²) in [6, 6.07) is 15.4. The molecule has 1 saturated heterocycles. The van der Waals surface area contributed by atoms with Gasteiger partial charge in [-0.05, 0) is 38.1 Å². The third kappa shape index (κ3) is 5.20. The molecule has 0 saturated carbocycles. The van der Waals surface area contributed by atoms with Crippen LogP contribution in [-0.2, 0) is 12.1 Å². The lowest BCUT2D eigenvalue weighted by Crippen LogP contribution is -2.49. The predicted molar refractivity (Wildman–Crippen MR) is 145 cm³/mol. The molecule has 1 aliphatic heterocycles. The molecule has 9 nitrogen and oxygen atoms in total. The van der Waals surface area contributed by atoms with Crippen LogP contribution in [0.3, 0.4) is 0 Å². The monoisotopic (exact) mass is 539 g/mol. The van der Waals surface area contributed by atoms with Gasteiger partial charge in [0.2, 0.25) is 0 Å². The largest absolute Gasteiger partial charge is 0.384 e. The fourth-order valence-electron chi connectivity index (χ4n) is 4.37. The Hall–Kier alpha value is -3.40. The number of nitrogens with zero attached hydrogens (tertiary/aromatic N) is 7. The lowest BCUT2D eigenvalue weighted by molar-refractivity contribution is 0.0737. The lowest BCUT2D eigenvalue weighted by Gasteiger charge is -2.37. The summed E-state index contributed by atoms with van der Waals surface area (Å²) >= 11 is 12.8. The molecule has 37 heavy (non-hydrogen) atoms. The molecule has 5 rings (SSSR count). The molecule has 1 fully saturated rings. The fraction of sp³-hybridized carbons (Fsp3) is 0.308. The quantitative estimate of drug-likeness (QED) is 0.399. The zero-order valence-corrected chi connectivity index (χ0v) is 22.1. The molecule has 0 spiro atoms. The van der Waals surface area contributed by atoms with E-state index in [1.54, 1.807) is 44.4 Å². The molecule has 192 valence electrons.